The normalized spacial score (nSPS) is 5.80. The van der Waals surface area contributed by atoms with Gasteiger partial charge >= 0.3 is 48.9 Å². The van der Waals surface area contributed by atoms with Crippen molar-refractivity contribution in [1.82, 2.24) is 0 Å². The third kappa shape index (κ3) is 23.2. The molecule has 10 heavy (non-hydrogen) atoms. The molecular weight excluding hydrogens is 261 g/mol. The number of ketones is 2. The van der Waals surface area contributed by atoms with Crippen LogP contribution in [-0.4, -0.2) is 71.4 Å². The average Bonchev–Trinajstić information content (AvgIpc) is 1.27. The molecule has 0 atom stereocenters. The zero-order valence-electron chi connectivity index (χ0n) is 8.23. The molecule has 0 saturated carbocycles. The Labute approximate surface area is 103 Å². The van der Waals surface area contributed by atoms with Crippen LogP contribution < -0.4 is 0 Å². The Kier molecular flexibility index (Phi) is 28.0. The molecule has 0 saturated heterocycles. The van der Waals surface area contributed by atoms with Crippen molar-refractivity contribution in [2.24, 2.45) is 0 Å². The van der Waals surface area contributed by atoms with Gasteiger partial charge in [-0.25, -0.2) is 0 Å². The fourth-order valence-corrected chi connectivity index (χ4v) is 0.351. The van der Waals surface area contributed by atoms with E-state index in [9.17, 15) is 9.59 Å². The van der Waals surface area contributed by atoms with Gasteiger partial charge in [0.05, 0.1) is 6.42 Å². The van der Waals surface area contributed by atoms with Crippen LogP contribution in [0.4, 0.5) is 0 Å². The molecule has 4 N–H and O–H groups in total. The van der Waals surface area contributed by atoms with Gasteiger partial charge in [0.15, 0.2) is 0 Å². The molecule has 60 valence electrons. The molecule has 0 heterocycles. The number of Topliss-reactive ketones (excluding diaryl/α,β-unsaturated/α-hetero) is 2. The monoisotopic (exact) mass is 276 g/mol. The minimum Gasteiger partial charge on any atom is -1.00 e. The molecule has 5 heteroatoms. The molecule has 0 aromatic heterocycles. The molecule has 0 amide bonds. The van der Waals surface area contributed by atoms with E-state index in [1.807, 2.05) is 0 Å². The van der Waals surface area contributed by atoms with Crippen molar-refractivity contribution in [3.8, 4) is 0 Å². The van der Waals surface area contributed by atoms with Crippen LogP contribution in [0.15, 0.2) is 0 Å². The second kappa shape index (κ2) is 12.5. The van der Waals surface area contributed by atoms with Crippen LogP contribution in [0.25, 0.3) is 0 Å². The Balaban J connectivity index is -0.0000000180. The first-order valence-corrected chi connectivity index (χ1v) is 2.12. The third-order valence-electron chi connectivity index (χ3n) is 0.498. The van der Waals surface area contributed by atoms with Crippen molar-refractivity contribution in [1.29, 1.82) is 0 Å². The van der Waals surface area contributed by atoms with Crippen LogP contribution in [0.3, 0.4) is 0 Å². The fourth-order valence-electron chi connectivity index (χ4n) is 0.351. The topological polar surface area (TPSA) is 97.1 Å². The summed E-state index contributed by atoms with van der Waals surface area (Å²) in [4.78, 5) is 20.1. The van der Waals surface area contributed by atoms with Gasteiger partial charge in [-0.1, -0.05) is 0 Å². The van der Waals surface area contributed by atoms with Gasteiger partial charge in [-0.15, -0.1) is 0 Å². The number of rotatable bonds is 2. The molecular formula is C5H14BaO4. The molecule has 0 aromatic carbocycles. The summed E-state index contributed by atoms with van der Waals surface area (Å²) in [5.41, 5.74) is 0. The molecule has 0 rings (SSSR count). The molecule has 0 aliphatic rings. The van der Waals surface area contributed by atoms with E-state index in [1.54, 1.807) is 0 Å². The summed E-state index contributed by atoms with van der Waals surface area (Å²) in [5.74, 6) is -0.125. The molecule has 0 aromatic rings. The van der Waals surface area contributed by atoms with Crippen molar-refractivity contribution in [2.75, 3.05) is 0 Å². The predicted molar refractivity (Wildman–Crippen MR) is 41.2 cm³/mol. The van der Waals surface area contributed by atoms with Crippen molar-refractivity contribution >= 4 is 60.4 Å². The van der Waals surface area contributed by atoms with E-state index in [2.05, 4.69) is 0 Å². The second-order valence-corrected chi connectivity index (χ2v) is 1.58. The van der Waals surface area contributed by atoms with E-state index in [4.69, 9.17) is 0 Å². The van der Waals surface area contributed by atoms with Crippen molar-refractivity contribution in [2.45, 2.75) is 20.3 Å². The second-order valence-electron chi connectivity index (χ2n) is 1.58. The van der Waals surface area contributed by atoms with E-state index < -0.39 is 0 Å². The van der Waals surface area contributed by atoms with Crippen molar-refractivity contribution in [3.05, 3.63) is 0 Å². The van der Waals surface area contributed by atoms with Gasteiger partial charge in [0.1, 0.15) is 11.6 Å². The first-order valence-electron chi connectivity index (χ1n) is 2.12. The maximum absolute atomic E-state index is 10.0. The van der Waals surface area contributed by atoms with Crippen LogP contribution in [0.5, 0.6) is 0 Å². The Morgan fingerprint density at radius 3 is 1.30 bits per heavy atom. The Bertz CT molecular complexity index is 97.6. The molecule has 0 fully saturated rings. The van der Waals surface area contributed by atoms with Gasteiger partial charge in [-0.2, -0.15) is 0 Å². The number of carbonyl (C=O) groups is 2. The third-order valence-corrected chi connectivity index (χ3v) is 0.498. The van der Waals surface area contributed by atoms with Crippen molar-refractivity contribution < 1.29 is 23.4 Å². The summed E-state index contributed by atoms with van der Waals surface area (Å²) < 4.78 is 0. The molecule has 0 aliphatic carbocycles. The Morgan fingerprint density at radius 2 is 1.30 bits per heavy atom. The van der Waals surface area contributed by atoms with Gasteiger partial charge in [0, 0.05) is 0 Å². The summed E-state index contributed by atoms with van der Waals surface area (Å²) in [5, 5.41) is 0. The SMILES string of the molecule is CC(=O)CC(C)=O.O.O.[Ba+2].[H-].[H-]. The van der Waals surface area contributed by atoms with E-state index in [0.717, 1.165) is 0 Å². The minimum absolute atomic E-state index is 0. The fraction of sp³-hybridized carbons (Fsp3) is 0.600. The smallest absolute Gasteiger partial charge is 1.00 e. The first-order chi connectivity index (χ1) is 3.13. The van der Waals surface area contributed by atoms with E-state index >= 15 is 0 Å². The molecule has 0 aliphatic heterocycles. The average molecular weight is 275 g/mol. The van der Waals surface area contributed by atoms with Crippen LogP contribution in [-0.2, 0) is 9.59 Å². The van der Waals surface area contributed by atoms with Crippen LogP contribution in [0.2, 0.25) is 0 Å². The Hall–Kier alpha value is 0.831. The number of hydrogen-bond acceptors (Lipinski definition) is 2. The number of hydrogen-bond donors (Lipinski definition) is 0. The summed E-state index contributed by atoms with van der Waals surface area (Å²) in [7, 11) is 0. The summed E-state index contributed by atoms with van der Waals surface area (Å²) in [6.07, 6.45) is 0.0833. The summed E-state index contributed by atoms with van der Waals surface area (Å²) in [6.45, 7) is 2.81. The Morgan fingerprint density at radius 1 is 1.10 bits per heavy atom. The molecule has 4 nitrogen and oxygen atoms in total. The maximum Gasteiger partial charge on any atom is 2.00 e. The molecule has 0 unspecified atom stereocenters. The van der Waals surface area contributed by atoms with Crippen LogP contribution in [0.1, 0.15) is 23.1 Å². The zero-order chi connectivity index (χ0) is 5.86. The van der Waals surface area contributed by atoms with Gasteiger partial charge in [0.25, 0.3) is 0 Å². The molecule has 0 bridgehead atoms. The van der Waals surface area contributed by atoms with Gasteiger partial charge in [-0.3, -0.25) is 9.59 Å². The standard InChI is InChI=1S/C5H8O2.Ba.2H2O.2H/c1-4(6)3-5(2)7;;;;;/h3H2,1-2H3;;2*1H2;;/q;+2;;;2*-1. The van der Waals surface area contributed by atoms with E-state index in [0.29, 0.717) is 0 Å². The number of carbonyl (C=O) groups excluding carboxylic acids is 2. The largest absolute Gasteiger partial charge is 2.00 e. The summed E-state index contributed by atoms with van der Waals surface area (Å²) in [6, 6.07) is 0. The molecule has 0 radical (unpaired) electrons. The van der Waals surface area contributed by atoms with Gasteiger partial charge in [-0.05, 0) is 13.8 Å². The van der Waals surface area contributed by atoms with E-state index in [-0.39, 0.29) is 80.7 Å². The summed E-state index contributed by atoms with van der Waals surface area (Å²) >= 11 is 0. The van der Waals surface area contributed by atoms with Gasteiger partial charge in [0.2, 0.25) is 0 Å². The first kappa shape index (κ1) is 22.4. The van der Waals surface area contributed by atoms with E-state index in [1.165, 1.54) is 13.8 Å². The van der Waals surface area contributed by atoms with Crippen LogP contribution >= 0.6 is 0 Å². The molecule has 0 spiro atoms. The zero-order valence-corrected chi connectivity index (χ0v) is 10.7. The maximum atomic E-state index is 10.0. The minimum atomic E-state index is -0.0625. The van der Waals surface area contributed by atoms with Crippen LogP contribution in [0, 0.1) is 0 Å². The van der Waals surface area contributed by atoms with Gasteiger partial charge < -0.3 is 13.8 Å². The quantitative estimate of drug-likeness (QED) is 0.465. The van der Waals surface area contributed by atoms with Crippen molar-refractivity contribution in [3.63, 3.8) is 0 Å². The predicted octanol–water partition coefficient (Wildman–Crippen LogP) is -1.25.